The van der Waals surface area contributed by atoms with Gasteiger partial charge in [-0.05, 0) is 18.9 Å². The number of carbonyl (C=O) groups is 1. The van der Waals surface area contributed by atoms with Crippen LogP contribution in [0.15, 0.2) is 24.3 Å². The Morgan fingerprint density at radius 1 is 1.12 bits per heavy atom. The van der Waals surface area contributed by atoms with Gasteiger partial charge >= 0.3 is 0 Å². The summed E-state index contributed by atoms with van der Waals surface area (Å²) in [7, 11) is 0. The molecule has 1 unspecified atom stereocenters. The molecule has 1 saturated carbocycles. The van der Waals surface area contributed by atoms with Crippen molar-refractivity contribution in [3.05, 3.63) is 29.8 Å². The second-order valence-corrected chi connectivity index (χ2v) is 4.85. The maximum atomic E-state index is 11.9. The van der Waals surface area contributed by atoms with Gasteiger partial charge in [-0.15, -0.1) is 0 Å². The van der Waals surface area contributed by atoms with Crippen LogP contribution in [0.1, 0.15) is 43.8 Å². The third-order valence-corrected chi connectivity index (χ3v) is 3.62. The van der Waals surface area contributed by atoms with E-state index in [2.05, 4.69) is 5.32 Å². The monoisotopic (exact) mass is 231 g/mol. The number of rotatable bonds is 2. The van der Waals surface area contributed by atoms with E-state index in [4.69, 9.17) is 4.74 Å². The van der Waals surface area contributed by atoms with Gasteiger partial charge in [0.1, 0.15) is 0 Å². The Morgan fingerprint density at radius 3 is 2.71 bits per heavy atom. The zero-order valence-electron chi connectivity index (χ0n) is 9.82. The fraction of sp³-hybridized carbons (Fsp3) is 0.500. The molecule has 0 spiro atoms. The van der Waals surface area contributed by atoms with E-state index in [1.54, 1.807) is 0 Å². The molecule has 1 aromatic rings. The molecule has 3 nitrogen and oxygen atoms in total. The minimum absolute atomic E-state index is 0.0169. The van der Waals surface area contributed by atoms with Gasteiger partial charge in [-0.25, -0.2) is 0 Å². The molecule has 17 heavy (non-hydrogen) atoms. The molecule has 3 heteroatoms. The number of nitrogens with one attached hydrogen (secondary N) is 1. The predicted molar refractivity (Wildman–Crippen MR) is 65.8 cm³/mol. The van der Waals surface area contributed by atoms with E-state index < -0.39 is 6.10 Å². The molecule has 90 valence electrons. The fourth-order valence-corrected chi connectivity index (χ4v) is 2.71. The van der Waals surface area contributed by atoms with E-state index in [1.165, 1.54) is 19.3 Å². The average molecular weight is 231 g/mol. The summed E-state index contributed by atoms with van der Waals surface area (Å²) in [6, 6.07) is 7.79. The van der Waals surface area contributed by atoms with Gasteiger partial charge in [0.05, 0.1) is 6.10 Å². The van der Waals surface area contributed by atoms with Gasteiger partial charge in [0.15, 0.2) is 6.10 Å². The third kappa shape index (κ3) is 2.07. The van der Waals surface area contributed by atoms with Crippen LogP contribution in [0.4, 0.5) is 5.69 Å². The molecule has 0 radical (unpaired) electrons. The molecule has 1 amide bonds. The van der Waals surface area contributed by atoms with Crippen molar-refractivity contribution in [3.63, 3.8) is 0 Å². The lowest BCUT2D eigenvalue weighted by Crippen LogP contribution is -2.23. The summed E-state index contributed by atoms with van der Waals surface area (Å²) in [5.41, 5.74) is 1.89. The zero-order chi connectivity index (χ0) is 11.7. The highest BCUT2D eigenvalue weighted by Crippen LogP contribution is 2.35. The first-order valence-corrected chi connectivity index (χ1v) is 6.40. The zero-order valence-corrected chi connectivity index (χ0v) is 9.82. The van der Waals surface area contributed by atoms with Gasteiger partial charge in [-0.2, -0.15) is 0 Å². The van der Waals surface area contributed by atoms with Crippen LogP contribution in [0.25, 0.3) is 0 Å². The van der Waals surface area contributed by atoms with Crippen LogP contribution >= 0.6 is 0 Å². The molecule has 1 heterocycles. The number of amides is 1. The van der Waals surface area contributed by atoms with E-state index in [1.807, 2.05) is 24.3 Å². The number of anilines is 1. The van der Waals surface area contributed by atoms with Gasteiger partial charge in [0.25, 0.3) is 5.91 Å². The summed E-state index contributed by atoms with van der Waals surface area (Å²) in [6.07, 6.45) is 5.78. The Kier molecular flexibility index (Phi) is 2.85. The standard InChI is InChI=1S/C14H17NO2/c16-14-13(17-10-6-2-1-3-7-10)11-8-4-5-9-12(11)15-14/h4-5,8-10,13H,1-3,6-7H2,(H,15,16). The minimum atomic E-state index is -0.394. The summed E-state index contributed by atoms with van der Waals surface area (Å²) in [4.78, 5) is 11.9. The average Bonchev–Trinajstić information content (AvgIpc) is 2.68. The van der Waals surface area contributed by atoms with Crippen LogP contribution in [0, 0.1) is 0 Å². The van der Waals surface area contributed by atoms with E-state index in [0.29, 0.717) is 0 Å². The van der Waals surface area contributed by atoms with Crippen molar-refractivity contribution < 1.29 is 9.53 Å². The van der Waals surface area contributed by atoms with Crippen molar-refractivity contribution in [3.8, 4) is 0 Å². The Morgan fingerprint density at radius 2 is 1.88 bits per heavy atom. The summed E-state index contributed by atoms with van der Waals surface area (Å²) in [6.45, 7) is 0. The Bertz CT molecular complexity index is 424. The normalized spacial score (nSPS) is 24.5. The van der Waals surface area contributed by atoms with Crippen LogP contribution in [-0.4, -0.2) is 12.0 Å². The van der Waals surface area contributed by atoms with Crippen molar-refractivity contribution in [2.75, 3.05) is 5.32 Å². The molecular formula is C14H17NO2. The van der Waals surface area contributed by atoms with Gasteiger partial charge in [-0.1, -0.05) is 37.5 Å². The molecule has 1 fully saturated rings. The molecule has 0 bridgehead atoms. The molecule has 1 aromatic carbocycles. The minimum Gasteiger partial charge on any atom is -0.360 e. The van der Waals surface area contributed by atoms with Crippen molar-refractivity contribution in [1.82, 2.24) is 0 Å². The summed E-state index contributed by atoms with van der Waals surface area (Å²) in [5, 5.41) is 2.87. The predicted octanol–water partition coefficient (Wildman–Crippen LogP) is 3.03. The Labute approximate surface area is 101 Å². The van der Waals surface area contributed by atoms with Crippen LogP contribution in [0.3, 0.4) is 0 Å². The quantitative estimate of drug-likeness (QED) is 0.849. The van der Waals surface area contributed by atoms with Crippen LogP contribution in [-0.2, 0) is 9.53 Å². The lowest BCUT2D eigenvalue weighted by atomic mass is 9.97. The van der Waals surface area contributed by atoms with Crippen molar-refractivity contribution in [2.45, 2.75) is 44.3 Å². The SMILES string of the molecule is O=C1Nc2ccccc2C1OC1CCCCC1. The highest BCUT2D eigenvalue weighted by atomic mass is 16.5. The molecule has 1 atom stereocenters. The second kappa shape index (κ2) is 4.49. The third-order valence-electron chi connectivity index (χ3n) is 3.62. The first-order valence-electron chi connectivity index (χ1n) is 6.40. The highest BCUT2D eigenvalue weighted by Gasteiger charge is 2.33. The number of fused-ring (bicyclic) bond motifs is 1. The molecule has 3 rings (SSSR count). The Hall–Kier alpha value is -1.35. The van der Waals surface area contributed by atoms with Crippen LogP contribution < -0.4 is 5.32 Å². The van der Waals surface area contributed by atoms with Crippen LogP contribution in [0.2, 0.25) is 0 Å². The van der Waals surface area contributed by atoms with Crippen molar-refractivity contribution in [1.29, 1.82) is 0 Å². The molecule has 1 aliphatic heterocycles. The lowest BCUT2D eigenvalue weighted by molar-refractivity contribution is -0.132. The molecular weight excluding hydrogens is 214 g/mol. The molecule has 1 N–H and O–H groups in total. The summed E-state index contributed by atoms with van der Waals surface area (Å²) >= 11 is 0. The smallest absolute Gasteiger partial charge is 0.258 e. The Balaban J connectivity index is 1.76. The number of para-hydroxylation sites is 1. The van der Waals surface area contributed by atoms with Crippen molar-refractivity contribution >= 4 is 11.6 Å². The number of carbonyl (C=O) groups excluding carboxylic acids is 1. The number of hydrogen-bond donors (Lipinski definition) is 1. The number of hydrogen-bond acceptors (Lipinski definition) is 2. The maximum Gasteiger partial charge on any atom is 0.258 e. The lowest BCUT2D eigenvalue weighted by Gasteiger charge is -2.24. The van der Waals surface area contributed by atoms with E-state index in [0.717, 1.165) is 24.1 Å². The van der Waals surface area contributed by atoms with E-state index in [-0.39, 0.29) is 12.0 Å². The molecule has 2 aliphatic rings. The molecule has 0 aromatic heterocycles. The first kappa shape index (κ1) is 10.8. The highest BCUT2D eigenvalue weighted by molar-refractivity contribution is 6.01. The van der Waals surface area contributed by atoms with Gasteiger partial charge in [-0.3, -0.25) is 4.79 Å². The van der Waals surface area contributed by atoms with Crippen LogP contribution in [0.5, 0.6) is 0 Å². The van der Waals surface area contributed by atoms with E-state index in [9.17, 15) is 4.79 Å². The fourth-order valence-electron chi connectivity index (χ4n) is 2.71. The van der Waals surface area contributed by atoms with Crippen molar-refractivity contribution in [2.24, 2.45) is 0 Å². The second-order valence-electron chi connectivity index (χ2n) is 4.85. The van der Waals surface area contributed by atoms with Gasteiger partial charge in [0, 0.05) is 11.3 Å². The topological polar surface area (TPSA) is 38.3 Å². The van der Waals surface area contributed by atoms with Gasteiger partial charge in [0.2, 0.25) is 0 Å². The maximum absolute atomic E-state index is 11.9. The first-order chi connectivity index (χ1) is 8.34. The van der Waals surface area contributed by atoms with Gasteiger partial charge < -0.3 is 10.1 Å². The van der Waals surface area contributed by atoms with E-state index >= 15 is 0 Å². The summed E-state index contributed by atoms with van der Waals surface area (Å²) < 4.78 is 5.98. The largest absolute Gasteiger partial charge is 0.360 e. The number of ether oxygens (including phenoxy) is 1. The molecule has 1 aliphatic carbocycles. The molecule has 0 saturated heterocycles. The number of benzene rings is 1. The summed E-state index contributed by atoms with van der Waals surface area (Å²) in [5.74, 6) is -0.0169.